The molecular formula is C10H4BrF6N. The van der Waals surface area contributed by atoms with Crippen molar-refractivity contribution in [1.82, 2.24) is 0 Å². The molecule has 0 spiro atoms. The van der Waals surface area contributed by atoms with E-state index in [0.29, 0.717) is 6.07 Å². The predicted octanol–water partition coefficient (Wildman–Crippen LogP) is 4.49. The molecule has 1 aromatic rings. The van der Waals surface area contributed by atoms with Crippen molar-refractivity contribution in [2.45, 2.75) is 17.7 Å². The first kappa shape index (κ1) is 14.8. The van der Waals surface area contributed by atoms with Crippen LogP contribution in [-0.2, 0) is 17.7 Å². The van der Waals surface area contributed by atoms with Gasteiger partial charge in [0.1, 0.15) is 0 Å². The van der Waals surface area contributed by atoms with E-state index in [2.05, 4.69) is 15.9 Å². The Labute approximate surface area is 106 Å². The number of alkyl halides is 7. The van der Waals surface area contributed by atoms with Crippen LogP contribution in [0.15, 0.2) is 12.1 Å². The fourth-order valence-corrected chi connectivity index (χ4v) is 1.79. The molecule has 0 fully saturated rings. The minimum Gasteiger partial charge on any atom is -0.192 e. The van der Waals surface area contributed by atoms with Crippen LogP contribution in [0.2, 0.25) is 0 Å². The summed E-state index contributed by atoms with van der Waals surface area (Å²) in [5.74, 6) is 0. The van der Waals surface area contributed by atoms with Gasteiger partial charge in [0.15, 0.2) is 0 Å². The van der Waals surface area contributed by atoms with Crippen molar-refractivity contribution < 1.29 is 26.3 Å². The van der Waals surface area contributed by atoms with Crippen molar-refractivity contribution in [1.29, 1.82) is 5.26 Å². The summed E-state index contributed by atoms with van der Waals surface area (Å²) < 4.78 is 75.1. The van der Waals surface area contributed by atoms with Crippen LogP contribution in [0.25, 0.3) is 0 Å². The van der Waals surface area contributed by atoms with Crippen LogP contribution in [0.5, 0.6) is 0 Å². The van der Waals surface area contributed by atoms with E-state index < -0.39 is 29.0 Å². The summed E-state index contributed by atoms with van der Waals surface area (Å²) in [5.41, 5.74) is -4.22. The van der Waals surface area contributed by atoms with Gasteiger partial charge in [-0.25, -0.2) is 0 Å². The van der Waals surface area contributed by atoms with Gasteiger partial charge in [-0.1, -0.05) is 15.9 Å². The fourth-order valence-electron chi connectivity index (χ4n) is 1.33. The highest BCUT2D eigenvalue weighted by Crippen LogP contribution is 2.41. The molecule has 1 rings (SSSR count). The predicted molar refractivity (Wildman–Crippen MR) is 53.8 cm³/mol. The number of benzene rings is 1. The Morgan fingerprint density at radius 1 is 1.00 bits per heavy atom. The quantitative estimate of drug-likeness (QED) is 0.549. The summed E-state index contributed by atoms with van der Waals surface area (Å²) in [6.45, 7) is 0. The van der Waals surface area contributed by atoms with Gasteiger partial charge >= 0.3 is 12.4 Å². The normalized spacial score (nSPS) is 12.3. The standard InChI is InChI=1S/C10H4BrF6N/c11-3-5-1-7(9(12,13)14)8(10(15,16)17)2-6(5)4-18/h1-2H,3H2. The zero-order valence-electron chi connectivity index (χ0n) is 8.45. The molecule has 98 valence electrons. The lowest BCUT2D eigenvalue weighted by Gasteiger charge is -2.17. The maximum atomic E-state index is 12.5. The zero-order chi connectivity index (χ0) is 14.1. The van der Waals surface area contributed by atoms with Crippen molar-refractivity contribution in [3.8, 4) is 6.07 Å². The van der Waals surface area contributed by atoms with Crippen LogP contribution in [-0.4, -0.2) is 0 Å². The second-order valence-electron chi connectivity index (χ2n) is 3.30. The van der Waals surface area contributed by atoms with Gasteiger partial charge in [0, 0.05) is 5.33 Å². The Bertz CT molecular complexity index is 497. The molecular weight excluding hydrogens is 328 g/mol. The average Bonchev–Trinajstić information content (AvgIpc) is 2.24. The van der Waals surface area contributed by atoms with Gasteiger partial charge in [-0.3, -0.25) is 0 Å². The Kier molecular flexibility index (Phi) is 3.96. The van der Waals surface area contributed by atoms with E-state index >= 15 is 0 Å². The molecule has 0 aliphatic rings. The molecule has 0 radical (unpaired) electrons. The molecule has 18 heavy (non-hydrogen) atoms. The lowest BCUT2D eigenvalue weighted by atomic mass is 9.99. The lowest BCUT2D eigenvalue weighted by molar-refractivity contribution is -0.162. The summed E-state index contributed by atoms with van der Waals surface area (Å²) in [7, 11) is 0. The molecule has 0 aromatic heterocycles. The molecule has 0 aliphatic carbocycles. The van der Waals surface area contributed by atoms with Crippen LogP contribution in [0.1, 0.15) is 22.3 Å². The molecule has 0 N–H and O–H groups in total. The van der Waals surface area contributed by atoms with E-state index in [9.17, 15) is 26.3 Å². The molecule has 0 saturated carbocycles. The van der Waals surface area contributed by atoms with Gasteiger partial charge in [-0.05, 0) is 17.7 Å². The number of hydrogen-bond donors (Lipinski definition) is 0. The van der Waals surface area contributed by atoms with E-state index in [1.165, 1.54) is 6.07 Å². The van der Waals surface area contributed by atoms with Crippen molar-refractivity contribution in [2.75, 3.05) is 0 Å². The van der Waals surface area contributed by atoms with Gasteiger partial charge in [-0.2, -0.15) is 31.6 Å². The first-order chi connectivity index (χ1) is 8.11. The number of nitriles is 1. The van der Waals surface area contributed by atoms with Gasteiger partial charge in [-0.15, -0.1) is 0 Å². The first-order valence-electron chi connectivity index (χ1n) is 4.38. The number of halogens is 7. The second kappa shape index (κ2) is 4.80. The molecule has 0 bridgehead atoms. The van der Waals surface area contributed by atoms with Crippen molar-refractivity contribution in [3.05, 3.63) is 34.4 Å². The van der Waals surface area contributed by atoms with E-state index in [1.54, 1.807) is 0 Å². The highest BCUT2D eigenvalue weighted by atomic mass is 79.9. The Balaban J connectivity index is 3.64. The summed E-state index contributed by atoms with van der Waals surface area (Å²) >= 11 is 2.83. The molecule has 0 saturated heterocycles. The third kappa shape index (κ3) is 2.96. The van der Waals surface area contributed by atoms with Crippen LogP contribution >= 0.6 is 15.9 Å². The van der Waals surface area contributed by atoms with E-state index in [1.807, 2.05) is 0 Å². The van der Waals surface area contributed by atoms with Crippen LogP contribution in [0.3, 0.4) is 0 Å². The van der Waals surface area contributed by atoms with E-state index in [0.717, 1.165) is 0 Å². The van der Waals surface area contributed by atoms with Crippen molar-refractivity contribution >= 4 is 15.9 Å². The van der Waals surface area contributed by atoms with Crippen LogP contribution < -0.4 is 0 Å². The highest BCUT2D eigenvalue weighted by Gasteiger charge is 2.43. The number of nitrogens with zero attached hydrogens (tertiary/aromatic N) is 1. The molecule has 0 unspecified atom stereocenters. The molecule has 1 aromatic carbocycles. The zero-order valence-corrected chi connectivity index (χ0v) is 10.0. The number of hydrogen-bond acceptors (Lipinski definition) is 1. The largest absolute Gasteiger partial charge is 0.417 e. The summed E-state index contributed by atoms with van der Waals surface area (Å²) in [4.78, 5) is 0. The first-order valence-corrected chi connectivity index (χ1v) is 5.50. The van der Waals surface area contributed by atoms with E-state index in [4.69, 9.17) is 5.26 Å². The van der Waals surface area contributed by atoms with E-state index in [-0.39, 0.29) is 17.0 Å². The van der Waals surface area contributed by atoms with Gasteiger partial charge in [0.05, 0.1) is 22.8 Å². The maximum absolute atomic E-state index is 12.5. The monoisotopic (exact) mass is 331 g/mol. The van der Waals surface area contributed by atoms with Gasteiger partial charge in [0.25, 0.3) is 0 Å². The van der Waals surface area contributed by atoms with Crippen molar-refractivity contribution in [3.63, 3.8) is 0 Å². The minimum atomic E-state index is -5.17. The van der Waals surface area contributed by atoms with Crippen LogP contribution in [0.4, 0.5) is 26.3 Å². The molecule has 1 nitrogen and oxygen atoms in total. The third-order valence-electron chi connectivity index (χ3n) is 2.12. The Hall–Kier alpha value is -1.23. The fraction of sp³-hybridized carbons (Fsp3) is 0.300. The molecule has 0 amide bonds. The third-order valence-corrected chi connectivity index (χ3v) is 2.72. The smallest absolute Gasteiger partial charge is 0.192 e. The summed E-state index contributed by atoms with van der Waals surface area (Å²) in [6, 6.07) is 2.01. The minimum absolute atomic E-state index is 0.141. The van der Waals surface area contributed by atoms with Gasteiger partial charge in [0.2, 0.25) is 0 Å². The molecule has 8 heteroatoms. The Morgan fingerprint density at radius 3 is 1.78 bits per heavy atom. The van der Waals surface area contributed by atoms with Crippen LogP contribution in [0, 0.1) is 11.3 Å². The Morgan fingerprint density at radius 2 is 1.44 bits per heavy atom. The molecule has 0 aliphatic heterocycles. The molecule has 0 heterocycles. The lowest BCUT2D eigenvalue weighted by Crippen LogP contribution is -2.17. The summed E-state index contributed by atoms with van der Waals surface area (Å²) in [5, 5.41) is 8.47. The number of rotatable bonds is 1. The molecule has 0 atom stereocenters. The average molecular weight is 332 g/mol. The highest BCUT2D eigenvalue weighted by molar-refractivity contribution is 9.08. The summed E-state index contributed by atoms with van der Waals surface area (Å²) in [6.07, 6.45) is -10.3. The second-order valence-corrected chi connectivity index (χ2v) is 3.86. The topological polar surface area (TPSA) is 23.8 Å². The maximum Gasteiger partial charge on any atom is 0.417 e. The van der Waals surface area contributed by atoms with Gasteiger partial charge < -0.3 is 0 Å². The van der Waals surface area contributed by atoms with Crippen molar-refractivity contribution in [2.24, 2.45) is 0 Å². The SMILES string of the molecule is N#Cc1cc(C(F)(F)F)c(C(F)(F)F)cc1CBr.